The summed E-state index contributed by atoms with van der Waals surface area (Å²) in [5.74, 6) is 0.644. The molecule has 0 saturated carbocycles. The van der Waals surface area contributed by atoms with Crippen LogP contribution in [0.25, 0.3) is 0 Å². The summed E-state index contributed by atoms with van der Waals surface area (Å²) in [4.78, 5) is 26.7. The highest BCUT2D eigenvalue weighted by molar-refractivity contribution is 8.00. The molecule has 2 amide bonds. The summed E-state index contributed by atoms with van der Waals surface area (Å²) in [5.41, 5.74) is 3.25. The number of benzene rings is 3. The number of nitrogens with one attached hydrogen (secondary N) is 1. The Hall–Kier alpha value is -2.87. The van der Waals surface area contributed by atoms with Gasteiger partial charge in [0.2, 0.25) is 5.91 Å². The average molecular weight is 517 g/mol. The molecule has 1 saturated heterocycles. The standard InChI is InChI=1S/C25H22Cl2N2O4S/c1-15-4-3-5-18(10-15)28-22(30)13-33-24-20(27)11-16(12-21(24)32-2)25-29(23(31)14-34-25)19-8-6-17(26)7-9-19/h3-12,25H,13-14H2,1-2H3,(H,28,30)/t25-/m0/s1. The third-order valence-corrected chi connectivity index (χ3v) is 6.90. The van der Waals surface area contributed by atoms with Crippen LogP contribution in [-0.2, 0) is 9.59 Å². The van der Waals surface area contributed by atoms with Crippen molar-refractivity contribution >= 4 is 58.2 Å². The van der Waals surface area contributed by atoms with Gasteiger partial charge in [-0.15, -0.1) is 11.8 Å². The first-order chi connectivity index (χ1) is 16.4. The fourth-order valence-corrected chi connectivity index (χ4v) is 5.19. The lowest BCUT2D eigenvalue weighted by molar-refractivity contribution is -0.118. The van der Waals surface area contributed by atoms with Crippen LogP contribution in [0.3, 0.4) is 0 Å². The van der Waals surface area contributed by atoms with Gasteiger partial charge < -0.3 is 14.8 Å². The van der Waals surface area contributed by atoms with Crippen molar-refractivity contribution in [3.8, 4) is 11.5 Å². The number of aryl methyl sites for hydroxylation is 1. The van der Waals surface area contributed by atoms with Gasteiger partial charge >= 0.3 is 0 Å². The van der Waals surface area contributed by atoms with E-state index in [1.807, 2.05) is 37.3 Å². The minimum atomic E-state index is -0.321. The number of anilines is 2. The van der Waals surface area contributed by atoms with E-state index in [0.29, 0.717) is 22.2 Å². The third kappa shape index (κ3) is 5.43. The SMILES string of the molecule is COc1cc([C@@H]2SCC(=O)N2c2ccc(Cl)cc2)cc(Cl)c1OCC(=O)Nc1cccc(C)c1. The molecule has 4 rings (SSSR count). The summed E-state index contributed by atoms with van der Waals surface area (Å²) in [6.07, 6.45) is 0. The molecule has 176 valence electrons. The number of halogens is 2. The maximum Gasteiger partial charge on any atom is 0.262 e. The minimum Gasteiger partial charge on any atom is -0.493 e. The molecule has 34 heavy (non-hydrogen) atoms. The highest BCUT2D eigenvalue weighted by Gasteiger charge is 2.35. The predicted octanol–water partition coefficient (Wildman–Crippen LogP) is 6.11. The lowest BCUT2D eigenvalue weighted by Crippen LogP contribution is -2.27. The third-order valence-electron chi connectivity index (χ3n) is 5.16. The van der Waals surface area contributed by atoms with E-state index in [2.05, 4.69) is 5.32 Å². The van der Waals surface area contributed by atoms with Crippen LogP contribution in [0.5, 0.6) is 11.5 Å². The quantitative estimate of drug-likeness (QED) is 0.410. The first-order valence-electron chi connectivity index (χ1n) is 10.4. The Kier molecular flexibility index (Phi) is 7.56. The molecule has 0 unspecified atom stereocenters. The van der Waals surface area contributed by atoms with Gasteiger partial charge in [-0.1, -0.05) is 35.3 Å². The molecule has 1 atom stereocenters. The molecule has 0 aromatic heterocycles. The van der Waals surface area contributed by atoms with Gasteiger partial charge in [-0.25, -0.2) is 0 Å². The van der Waals surface area contributed by atoms with E-state index in [9.17, 15) is 9.59 Å². The van der Waals surface area contributed by atoms with Crippen LogP contribution in [0.2, 0.25) is 10.0 Å². The number of hydrogen-bond acceptors (Lipinski definition) is 5. The lowest BCUT2D eigenvalue weighted by Gasteiger charge is -2.25. The Morgan fingerprint density at radius 1 is 1.15 bits per heavy atom. The van der Waals surface area contributed by atoms with E-state index < -0.39 is 0 Å². The molecule has 0 radical (unpaired) electrons. The van der Waals surface area contributed by atoms with E-state index in [1.54, 1.807) is 35.2 Å². The molecular weight excluding hydrogens is 495 g/mol. The van der Waals surface area contributed by atoms with Gasteiger partial charge in [-0.3, -0.25) is 14.5 Å². The van der Waals surface area contributed by atoms with Crippen molar-refractivity contribution in [3.05, 3.63) is 81.8 Å². The van der Waals surface area contributed by atoms with Crippen molar-refractivity contribution in [3.63, 3.8) is 0 Å². The van der Waals surface area contributed by atoms with Gasteiger partial charge in [0.05, 0.1) is 17.9 Å². The lowest BCUT2D eigenvalue weighted by atomic mass is 10.1. The molecule has 1 aliphatic heterocycles. The van der Waals surface area contributed by atoms with Crippen LogP contribution in [-0.4, -0.2) is 31.3 Å². The first kappa shape index (κ1) is 24.3. The highest BCUT2D eigenvalue weighted by atomic mass is 35.5. The molecule has 0 bridgehead atoms. The summed E-state index contributed by atoms with van der Waals surface area (Å²) in [6.45, 7) is 1.71. The predicted molar refractivity (Wildman–Crippen MR) is 137 cm³/mol. The number of carbonyl (C=O) groups is 2. The molecule has 1 heterocycles. The molecule has 3 aromatic rings. The molecule has 0 aliphatic carbocycles. The number of carbonyl (C=O) groups excluding carboxylic acids is 2. The second-order valence-electron chi connectivity index (χ2n) is 7.64. The Balaban J connectivity index is 1.52. The molecule has 0 spiro atoms. The van der Waals surface area contributed by atoms with Gasteiger partial charge in [0, 0.05) is 16.4 Å². The van der Waals surface area contributed by atoms with Crippen molar-refractivity contribution in [1.29, 1.82) is 0 Å². The van der Waals surface area contributed by atoms with Crippen LogP contribution in [0.15, 0.2) is 60.7 Å². The van der Waals surface area contributed by atoms with Crippen LogP contribution in [0, 0.1) is 6.92 Å². The highest BCUT2D eigenvalue weighted by Crippen LogP contribution is 2.46. The number of methoxy groups -OCH3 is 1. The van der Waals surface area contributed by atoms with Crippen molar-refractivity contribution in [2.45, 2.75) is 12.3 Å². The molecule has 3 aromatic carbocycles. The molecule has 1 aliphatic rings. The van der Waals surface area contributed by atoms with Crippen molar-refractivity contribution < 1.29 is 19.1 Å². The zero-order chi connectivity index (χ0) is 24.2. The van der Waals surface area contributed by atoms with Crippen LogP contribution < -0.4 is 19.7 Å². The van der Waals surface area contributed by atoms with Crippen molar-refractivity contribution in [2.24, 2.45) is 0 Å². The molecular formula is C25H22Cl2N2O4S. The van der Waals surface area contributed by atoms with Crippen LogP contribution in [0.4, 0.5) is 11.4 Å². The monoisotopic (exact) mass is 516 g/mol. The number of nitrogens with zero attached hydrogens (tertiary/aromatic N) is 1. The first-order valence-corrected chi connectivity index (χ1v) is 12.2. The molecule has 1 fully saturated rings. The van der Waals surface area contributed by atoms with Gasteiger partial charge in [-0.2, -0.15) is 0 Å². The molecule has 9 heteroatoms. The van der Waals surface area contributed by atoms with E-state index in [4.69, 9.17) is 32.7 Å². The maximum atomic E-state index is 12.6. The fraction of sp³-hybridized carbons (Fsp3) is 0.200. The Labute approximate surface area is 212 Å². The van der Waals surface area contributed by atoms with Crippen molar-refractivity contribution in [2.75, 3.05) is 29.7 Å². The second-order valence-corrected chi connectivity index (χ2v) is 9.56. The molecule has 6 nitrogen and oxygen atoms in total. The van der Waals surface area contributed by atoms with Crippen LogP contribution in [0.1, 0.15) is 16.5 Å². The van der Waals surface area contributed by atoms with Gasteiger partial charge in [0.15, 0.2) is 18.1 Å². The number of rotatable bonds is 7. The summed E-state index contributed by atoms with van der Waals surface area (Å²) >= 11 is 14.0. The minimum absolute atomic E-state index is 0.0134. The van der Waals surface area contributed by atoms with Crippen molar-refractivity contribution in [1.82, 2.24) is 0 Å². The number of ether oxygens (including phenoxy) is 2. The van der Waals surface area contributed by atoms with Gasteiger partial charge in [-0.05, 0) is 66.6 Å². The average Bonchev–Trinajstić information content (AvgIpc) is 3.19. The van der Waals surface area contributed by atoms with E-state index >= 15 is 0 Å². The maximum absolute atomic E-state index is 12.6. The number of amides is 2. The van der Waals surface area contributed by atoms with E-state index in [1.165, 1.54) is 18.9 Å². The largest absolute Gasteiger partial charge is 0.493 e. The number of hydrogen-bond donors (Lipinski definition) is 1. The summed E-state index contributed by atoms with van der Waals surface area (Å²) < 4.78 is 11.2. The molecule has 1 N–H and O–H groups in total. The zero-order valence-electron chi connectivity index (χ0n) is 18.5. The number of thioether (sulfide) groups is 1. The second kappa shape index (κ2) is 10.6. The zero-order valence-corrected chi connectivity index (χ0v) is 20.8. The Morgan fingerprint density at radius 2 is 1.91 bits per heavy atom. The Bertz CT molecular complexity index is 1220. The normalized spacial score (nSPS) is 15.4. The topological polar surface area (TPSA) is 67.9 Å². The Morgan fingerprint density at radius 3 is 2.62 bits per heavy atom. The smallest absolute Gasteiger partial charge is 0.262 e. The summed E-state index contributed by atoms with van der Waals surface area (Å²) in [5, 5.41) is 3.38. The summed E-state index contributed by atoms with van der Waals surface area (Å²) in [6, 6.07) is 18.1. The van der Waals surface area contributed by atoms with E-state index in [0.717, 1.165) is 16.8 Å². The fourth-order valence-electron chi connectivity index (χ4n) is 3.63. The van der Waals surface area contributed by atoms with Crippen LogP contribution >= 0.6 is 35.0 Å². The van der Waals surface area contributed by atoms with Gasteiger partial charge in [0.25, 0.3) is 5.91 Å². The van der Waals surface area contributed by atoms with E-state index in [-0.39, 0.29) is 34.6 Å². The summed E-state index contributed by atoms with van der Waals surface area (Å²) in [7, 11) is 1.50. The van der Waals surface area contributed by atoms with Gasteiger partial charge in [0.1, 0.15) is 5.37 Å².